The largest absolute Gasteiger partial charge is 0.377 e. The van der Waals surface area contributed by atoms with Gasteiger partial charge in [0.05, 0.1) is 0 Å². The van der Waals surface area contributed by atoms with Gasteiger partial charge in [0.25, 0.3) is 0 Å². The Morgan fingerprint density at radius 2 is 1.76 bits per heavy atom. The lowest BCUT2D eigenvalue weighted by atomic mass is 9.78. The minimum Gasteiger partial charge on any atom is -0.377 e. The van der Waals surface area contributed by atoms with Gasteiger partial charge in [-0.2, -0.15) is 0 Å². The fraction of sp³-hybridized carbons (Fsp3) is 0.571. The van der Waals surface area contributed by atoms with Crippen molar-refractivity contribution in [2.75, 3.05) is 5.32 Å². The zero-order valence-electron chi connectivity index (χ0n) is 10.3. The predicted octanol–water partition coefficient (Wildman–Crippen LogP) is 4.20. The average Bonchev–Trinajstić information content (AvgIpc) is 2.29. The Morgan fingerprint density at radius 1 is 1.12 bits per heavy atom. The highest BCUT2D eigenvalue weighted by molar-refractivity contribution is 5.47. The zero-order chi connectivity index (χ0) is 12.4. The van der Waals surface area contributed by atoms with Crippen LogP contribution >= 0.6 is 0 Å². The van der Waals surface area contributed by atoms with Crippen molar-refractivity contribution in [2.45, 2.75) is 39.2 Å². The van der Waals surface area contributed by atoms with Crippen molar-refractivity contribution in [3.05, 3.63) is 29.8 Å². The highest BCUT2D eigenvalue weighted by Gasteiger charge is 2.28. The normalized spacial score (nSPS) is 29.1. The molecule has 0 aliphatic heterocycles. The van der Waals surface area contributed by atoms with E-state index in [4.69, 9.17) is 0 Å². The fourth-order valence-electron chi connectivity index (χ4n) is 2.61. The van der Waals surface area contributed by atoms with E-state index < -0.39 is 11.6 Å². The average molecular weight is 239 g/mol. The lowest BCUT2D eigenvalue weighted by Gasteiger charge is -2.35. The molecule has 1 aliphatic carbocycles. The van der Waals surface area contributed by atoms with Gasteiger partial charge >= 0.3 is 0 Å². The molecule has 1 aromatic rings. The molecule has 1 fully saturated rings. The van der Waals surface area contributed by atoms with E-state index in [0.29, 0.717) is 11.8 Å². The van der Waals surface area contributed by atoms with Crippen LogP contribution in [0.5, 0.6) is 0 Å². The van der Waals surface area contributed by atoms with Crippen LogP contribution in [-0.4, -0.2) is 6.04 Å². The minimum atomic E-state index is -0.504. The molecule has 2 rings (SSSR count). The number of anilines is 1. The molecular weight excluding hydrogens is 220 g/mol. The first-order valence-corrected chi connectivity index (χ1v) is 6.30. The van der Waals surface area contributed by atoms with Crippen LogP contribution < -0.4 is 5.32 Å². The lowest BCUT2D eigenvalue weighted by Crippen LogP contribution is -2.35. The standard InChI is InChI=1S/C14H19F2N/c1-9-5-3-8-13(10(9)2)17-14-11(15)6-4-7-12(14)16/h4,6-7,9-10,13,17H,3,5,8H2,1-2H3. The van der Waals surface area contributed by atoms with Crippen LogP contribution in [0.2, 0.25) is 0 Å². The molecule has 0 aromatic heterocycles. The molecule has 0 saturated heterocycles. The third-order valence-electron chi connectivity index (χ3n) is 4.00. The molecule has 17 heavy (non-hydrogen) atoms. The van der Waals surface area contributed by atoms with Crippen molar-refractivity contribution in [3.63, 3.8) is 0 Å². The highest BCUT2D eigenvalue weighted by atomic mass is 19.1. The van der Waals surface area contributed by atoms with E-state index in [0.717, 1.165) is 12.8 Å². The van der Waals surface area contributed by atoms with Crippen LogP contribution in [-0.2, 0) is 0 Å². The quantitative estimate of drug-likeness (QED) is 0.815. The molecule has 1 N–H and O–H groups in total. The Bertz CT molecular complexity index is 372. The maximum Gasteiger partial charge on any atom is 0.149 e. The Kier molecular flexibility index (Phi) is 3.65. The van der Waals surface area contributed by atoms with Crippen molar-refractivity contribution in [1.29, 1.82) is 0 Å². The van der Waals surface area contributed by atoms with Crippen LogP contribution in [0.15, 0.2) is 18.2 Å². The summed E-state index contributed by atoms with van der Waals surface area (Å²) in [6, 6.07) is 4.15. The third-order valence-corrected chi connectivity index (χ3v) is 4.00. The maximum atomic E-state index is 13.5. The zero-order valence-corrected chi connectivity index (χ0v) is 10.3. The predicted molar refractivity (Wildman–Crippen MR) is 65.9 cm³/mol. The summed E-state index contributed by atoms with van der Waals surface area (Å²) in [7, 11) is 0. The van der Waals surface area contributed by atoms with Gasteiger partial charge in [-0.3, -0.25) is 0 Å². The van der Waals surface area contributed by atoms with Gasteiger partial charge in [0.15, 0.2) is 0 Å². The molecule has 1 nitrogen and oxygen atoms in total. The lowest BCUT2D eigenvalue weighted by molar-refractivity contribution is 0.252. The molecule has 3 atom stereocenters. The number of para-hydroxylation sites is 1. The second-order valence-corrected chi connectivity index (χ2v) is 5.11. The van der Waals surface area contributed by atoms with Gasteiger partial charge in [0, 0.05) is 6.04 Å². The number of halogens is 2. The SMILES string of the molecule is CC1CCCC(Nc2c(F)cccc2F)C1C. The van der Waals surface area contributed by atoms with Crippen molar-refractivity contribution >= 4 is 5.69 Å². The number of benzene rings is 1. The van der Waals surface area contributed by atoms with E-state index in [2.05, 4.69) is 19.2 Å². The molecule has 1 saturated carbocycles. The summed E-state index contributed by atoms with van der Waals surface area (Å²) in [5.74, 6) is 0.0460. The third kappa shape index (κ3) is 2.59. The molecular formula is C14H19F2N. The van der Waals surface area contributed by atoms with Gasteiger partial charge in [-0.25, -0.2) is 8.78 Å². The summed E-state index contributed by atoms with van der Waals surface area (Å²) in [6.45, 7) is 4.36. The molecule has 94 valence electrons. The fourth-order valence-corrected chi connectivity index (χ4v) is 2.61. The molecule has 0 amide bonds. The second kappa shape index (κ2) is 5.03. The van der Waals surface area contributed by atoms with Crippen LogP contribution in [0.3, 0.4) is 0 Å². The summed E-state index contributed by atoms with van der Waals surface area (Å²) >= 11 is 0. The van der Waals surface area contributed by atoms with Gasteiger partial charge in [0.1, 0.15) is 17.3 Å². The number of hydrogen-bond donors (Lipinski definition) is 1. The second-order valence-electron chi connectivity index (χ2n) is 5.11. The van der Waals surface area contributed by atoms with Gasteiger partial charge in [-0.15, -0.1) is 0 Å². The first-order valence-electron chi connectivity index (χ1n) is 6.30. The Balaban J connectivity index is 2.15. The van der Waals surface area contributed by atoms with Crippen LogP contribution in [0.1, 0.15) is 33.1 Å². The number of nitrogens with one attached hydrogen (secondary N) is 1. The van der Waals surface area contributed by atoms with E-state index in [1.54, 1.807) is 0 Å². The molecule has 0 radical (unpaired) electrons. The first kappa shape index (κ1) is 12.3. The number of rotatable bonds is 2. The Labute approximate surface area is 101 Å². The van der Waals surface area contributed by atoms with Crippen LogP contribution in [0.4, 0.5) is 14.5 Å². The van der Waals surface area contributed by atoms with E-state index in [1.807, 2.05) is 0 Å². The molecule has 0 spiro atoms. The minimum absolute atomic E-state index is 0.0263. The molecule has 1 aliphatic rings. The number of hydrogen-bond acceptors (Lipinski definition) is 1. The van der Waals surface area contributed by atoms with Crippen molar-refractivity contribution in [2.24, 2.45) is 11.8 Å². The van der Waals surface area contributed by atoms with Crippen LogP contribution in [0, 0.1) is 23.5 Å². The van der Waals surface area contributed by atoms with E-state index >= 15 is 0 Å². The highest BCUT2D eigenvalue weighted by Crippen LogP contribution is 2.32. The summed E-state index contributed by atoms with van der Waals surface area (Å²) in [6.07, 6.45) is 3.32. The molecule has 3 heteroatoms. The monoisotopic (exact) mass is 239 g/mol. The van der Waals surface area contributed by atoms with E-state index in [-0.39, 0.29) is 11.7 Å². The summed E-state index contributed by atoms with van der Waals surface area (Å²) in [4.78, 5) is 0. The van der Waals surface area contributed by atoms with Crippen molar-refractivity contribution in [1.82, 2.24) is 0 Å². The van der Waals surface area contributed by atoms with Gasteiger partial charge in [-0.1, -0.05) is 32.8 Å². The molecule has 0 bridgehead atoms. The maximum absolute atomic E-state index is 13.5. The summed E-state index contributed by atoms with van der Waals surface area (Å²) in [5.41, 5.74) is 0.0263. The van der Waals surface area contributed by atoms with Gasteiger partial charge < -0.3 is 5.32 Å². The summed E-state index contributed by atoms with van der Waals surface area (Å²) < 4.78 is 27.1. The van der Waals surface area contributed by atoms with Crippen molar-refractivity contribution in [3.8, 4) is 0 Å². The smallest absolute Gasteiger partial charge is 0.149 e. The molecule has 3 unspecified atom stereocenters. The van der Waals surface area contributed by atoms with E-state index in [9.17, 15) is 8.78 Å². The van der Waals surface area contributed by atoms with Gasteiger partial charge in [0.2, 0.25) is 0 Å². The van der Waals surface area contributed by atoms with E-state index in [1.165, 1.54) is 24.6 Å². The van der Waals surface area contributed by atoms with Gasteiger partial charge in [-0.05, 0) is 30.4 Å². The molecule has 1 aromatic carbocycles. The Morgan fingerprint density at radius 3 is 2.41 bits per heavy atom. The van der Waals surface area contributed by atoms with Crippen LogP contribution in [0.25, 0.3) is 0 Å². The Hall–Kier alpha value is -1.12. The topological polar surface area (TPSA) is 12.0 Å². The van der Waals surface area contributed by atoms with Crippen molar-refractivity contribution < 1.29 is 8.78 Å². The summed E-state index contributed by atoms with van der Waals surface area (Å²) in [5, 5.41) is 3.05. The first-order chi connectivity index (χ1) is 8.09. The molecule has 0 heterocycles.